The van der Waals surface area contributed by atoms with Crippen LogP contribution in [0.2, 0.25) is 0 Å². The van der Waals surface area contributed by atoms with Crippen LogP contribution in [0, 0.1) is 19.3 Å². The molecule has 0 unspecified atom stereocenters. The number of aromatic nitrogens is 7. The molecule has 4 saturated carbocycles. The van der Waals surface area contributed by atoms with E-state index in [0.29, 0.717) is 64.8 Å². The maximum Gasteiger partial charge on any atom is 0.394 e. The van der Waals surface area contributed by atoms with Gasteiger partial charge in [-0.25, -0.2) is 9.97 Å². The summed E-state index contributed by atoms with van der Waals surface area (Å²) in [6.07, 6.45) is 1.71. The quantitative estimate of drug-likeness (QED) is 0.323. The maximum atomic E-state index is 13.8. The number of anilines is 1. The molecule has 4 aliphatic carbocycles. The Bertz CT molecular complexity index is 1670. The van der Waals surface area contributed by atoms with E-state index in [1.54, 1.807) is 6.92 Å². The van der Waals surface area contributed by atoms with Crippen molar-refractivity contribution in [1.29, 1.82) is 0 Å². The molecule has 214 valence electrons. The van der Waals surface area contributed by atoms with Crippen LogP contribution in [0.5, 0.6) is 0 Å². The van der Waals surface area contributed by atoms with Crippen LogP contribution in [0.25, 0.3) is 22.5 Å². The van der Waals surface area contributed by atoms with Gasteiger partial charge >= 0.3 is 6.18 Å². The molecule has 10 nitrogen and oxygen atoms in total. The summed E-state index contributed by atoms with van der Waals surface area (Å²) in [5, 5.41) is 9.05. The van der Waals surface area contributed by atoms with Crippen LogP contribution >= 0.6 is 0 Å². The van der Waals surface area contributed by atoms with E-state index in [4.69, 9.17) is 24.2 Å². The smallest absolute Gasteiger partial charge is 0.367 e. The molecule has 4 aromatic heterocycles. The highest BCUT2D eigenvalue weighted by atomic mass is 19.4. The Hall–Kier alpha value is -3.61. The van der Waals surface area contributed by atoms with Crippen LogP contribution in [0.3, 0.4) is 0 Å². The molecule has 2 atom stereocenters. The molecular weight excluding hydrogens is 537 g/mol. The van der Waals surface area contributed by atoms with E-state index in [2.05, 4.69) is 26.3 Å². The highest BCUT2D eigenvalue weighted by Crippen LogP contribution is 2.78. The Kier molecular flexibility index (Phi) is 5.05. The van der Waals surface area contributed by atoms with Crippen molar-refractivity contribution in [2.45, 2.75) is 82.7 Å². The number of morpholine rings is 1. The van der Waals surface area contributed by atoms with Crippen LogP contribution in [-0.4, -0.2) is 60.2 Å². The zero-order valence-electron chi connectivity index (χ0n) is 22.9. The molecular formula is C28H29F3N8O2. The summed E-state index contributed by atoms with van der Waals surface area (Å²) in [4.78, 5) is 21.1. The third-order valence-corrected chi connectivity index (χ3v) is 9.22. The lowest BCUT2D eigenvalue weighted by atomic mass is 9.33. The summed E-state index contributed by atoms with van der Waals surface area (Å²) in [6, 6.07) is 2.32. The molecule has 1 saturated heterocycles. The van der Waals surface area contributed by atoms with E-state index in [1.807, 2.05) is 30.8 Å². The maximum absolute atomic E-state index is 13.8. The Morgan fingerprint density at radius 1 is 1.02 bits per heavy atom. The lowest BCUT2D eigenvalue weighted by Gasteiger charge is -2.70. The van der Waals surface area contributed by atoms with Gasteiger partial charge in [-0.2, -0.15) is 28.2 Å². The zero-order chi connectivity index (χ0) is 28.3. The van der Waals surface area contributed by atoms with E-state index >= 15 is 0 Å². The molecule has 0 amide bonds. The largest absolute Gasteiger partial charge is 0.394 e. The number of halogens is 3. The van der Waals surface area contributed by atoms with E-state index in [1.165, 1.54) is 0 Å². The van der Waals surface area contributed by atoms with Gasteiger partial charge in [0, 0.05) is 29.1 Å². The zero-order valence-corrected chi connectivity index (χ0v) is 22.9. The Morgan fingerprint density at radius 3 is 2.49 bits per heavy atom. The van der Waals surface area contributed by atoms with E-state index in [-0.39, 0.29) is 31.5 Å². The standard InChI is InChI=1S/C28H29F3N8O2/c1-14-8-38(10-21(40-14)17-7-32-39(9-17)18-4-5-18)25-35-22(26-11-27(12-26,13-26)28(29,30)31)20-6-19(15(2)33-23(20)36-25)24-34-16(3)37-41-24/h6-7,9,14,18,21H,4-5,8,10-13H2,1-3H3/t14-,21-,26?,27?/m1/s1. The van der Waals surface area contributed by atoms with Crippen LogP contribution in [-0.2, 0) is 10.2 Å². The monoisotopic (exact) mass is 566 g/mol. The van der Waals surface area contributed by atoms with Gasteiger partial charge in [0.05, 0.1) is 47.3 Å². The second-order valence-corrected chi connectivity index (χ2v) is 12.4. The molecule has 1 aliphatic heterocycles. The van der Waals surface area contributed by atoms with Crippen molar-refractivity contribution in [3.05, 3.63) is 41.2 Å². The third kappa shape index (κ3) is 3.80. The number of fused-ring (bicyclic) bond motifs is 1. The molecule has 0 radical (unpaired) electrons. The van der Waals surface area contributed by atoms with Gasteiger partial charge in [-0.3, -0.25) is 4.68 Å². The number of aryl methyl sites for hydroxylation is 2. The van der Waals surface area contributed by atoms with Crippen LogP contribution in [0.1, 0.15) is 73.9 Å². The number of rotatable bonds is 5. The van der Waals surface area contributed by atoms with Gasteiger partial charge in [0.15, 0.2) is 11.5 Å². The van der Waals surface area contributed by atoms with E-state index < -0.39 is 17.0 Å². The number of ether oxygens (including phenoxy) is 1. The molecule has 9 rings (SSSR count). The molecule has 0 N–H and O–H groups in total. The highest BCUT2D eigenvalue weighted by Gasteiger charge is 2.79. The number of alkyl halides is 3. The van der Waals surface area contributed by atoms with Crippen LogP contribution < -0.4 is 4.90 Å². The molecule has 5 heterocycles. The fraction of sp³-hybridized carbons (Fsp3) is 0.571. The predicted molar refractivity (Wildman–Crippen MR) is 140 cm³/mol. The van der Waals surface area contributed by atoms with Gasteiger partial charge in [-0.1, -0.05) is 5.16 Å². The fourth-order valence-corrected chi connectivity index (χ4v) is 7.00. The van der Waals surface area contributed by atoms with Crippen molar-refractivity contribution in [2.24, 2.45) is 5.41 Å². The predicted octanol–water partition coefficient (Wildman–Crippen LogP) is 5.17. The summed E-state index contributed by atoms with van der Waals surface area (Å²) in [6.45, 7) is 6.62. The minimum absolute atomic E-state index is 0.0282. The van der Waals surface area contributed by atoms with Gasteiger partial charge in [-0.15, -0.1) is 0 Å². The average molecular weight is 567 g/mol. The summed E-state index contributed by atoms with van der Waals surface area (Å²) >= 11 is 0. The number of hydrogen-bond donors (Lipinski definition) is 0. The molecule has 41 heavy (non-hydrogen) atoms. The minimum atomic E-state index is -4.22. The SMILES string of the molecule is Cc1noc(-c2cc3c(C45CC(C(F)(F)F)(C4)C5)nc(N4C[C@@H](C)O[C@@H](c5cnn(C6CC6)c5)C4)nc3nc2C)n1. The van der Waals surface area contributed by atoms with Crippen LogP contribution in [0.4, 0.5) is 19.1 Å². The van der Waals surface area contributed by atoms with Gasteiger partial charge in [0.1, 0.15) is 6.10 Å². The van der Waals surface area contributed by atoms with Crippen molar-refractivity contribution in [1.82, 2.24) is 34.9 Å². The van der Waals surface area contributed by atoms with Crippen molar-refractivity contribution in [2.75, 3.05) is 18.0 Å². The second-order valence-electron chi connectivity index (χ2n) is 12.4. The van der Waals surface area contributed by atoms with Gasteiger partial charge < -0.3 is 14.2 Å². The van der Waals surface area contributed by atoms with Crippen LogP contribution in [0.15, 0.2) is 23.0 Å². The van der Waals surface area contributed by atoms with Crippen molar-refractivity contribution in [3.63, 3.8) is 0 Å². The Morgan fingerprint density at radius 2 is 1.80 bits per heavy atom. The molecule has 13 heteroatoms. The van der Waals surface area contributed by atoms with E-state index in [0.717, 1.165) is 18.4 Å². The van der Waals surface area contributed by atoms with Gasteiger partial charge in [0.2, 0.25) is 5.95 Å². The molecule has 5 aliphatic rings. The molecule has 4 aromatic rings. The van der Waals surface area contributed by atoms with Crippen molar-refractivity contribution < 1.29 is 22.4 Å². The third-order valence-electron chi connectivity index (χ3n) is 9.22. The number of nitrogens with zero attached hydrogens (tertiary/aromatic N) is 8. The highest BCUT2D eigenvalue weighted by molar-refractivity contribution is 5.85. The first-order valence-electron chi connectivity index (χ1n) is 14.0. The number of pyridine rings is 1. The summed E-state index contributed by atoms with van der Waals surface area (Å²) in [5.41, 5.74) is 1.05. The summed E-state index contributed by atoms with van der Waals surface area (Å²) in [7, 11) is 0. The first kappa shape index (κ1) is 25.1. The molecule has 2 bridgehead atoms. The molecule has 0 spiro atoms. The summed E-state index contributed by atoms with van der Waals surface area (Å²) in [5.74, 6) is 1.25. The second kappa shape index (κ2) is 8.24. The normalized spacial score (nSPS) is 29.5. The average Bonchev–Trinajstić information content (AvgIpc) is 3.42. The number of hydrogen-bond acceptors (Lipinski definition) is 9. The Balaban J connectivity index is 1.20. The molecule has 5 fully saturated rings. The van der Waals surface area contributed by atoms with Gasteiger partial charge in [0.25, 0.3) is 5.89 Å². The van der Waals surface area contributed by atoms with Crippen molar-refractivity contribution >= 4 is 17.0 Å². The van der Waals surface area contributed by atoms with Crippen molar-refractivity contribution in [3.8, 4) is 11.5 Å². The first-order valence-corrected chi connectivity index (χ1v) is 14.0. The first-order chi connectivity index (χ1) is 19.5. The van der Waals surface area contributed by atoms with Gasteiger partial charge in [-0.05, 0) is 58.9 Å². The lowest BCUT2D eigenvalue weighted by molar-refractivity contribution is -0.337. The lowest BCUT2D eigenvalue weighted by Crippen LogP contribution is -2.70. The summed E-state index contributed by atoms with van der Waals surface area (Å²) < 4.78 is 55.2. The topological polar surface area (TPSA) is 108 Å². The Labute approximate surface area is 233 Å². The molecule has 0 aromatic carbocycles. The fourth-order valence-electron chi connectivity index (χ4n) is 7.00. The van der Waals surface area contributed by atoms with E-state index in [9.17, 15) is 13.2 Å². The minimum Gasteiger partial charge on any atom is -0.367 e.